The molecule has 158 valence electrons. The van der Waals surface area contributed by atoms with Gasteiger partial charge in [0.15, 0.2) is 5.16 Å². The van der Waals surface area contributed by atoms with Gasteiger partial charge in [-0.15, -0.1) is 11.3 Å². The molecule has 31 heavy (non-hydrogen) atoms. The molecule has 3 heterocycles. The predicted molar refractivity (Wildman–Crippen MR) is 126 cm³/mol. The molecule has 0 saturated carbocycles. The van der Waals surface area contributed by atoms with E-state index in [9.17, 15) is 4.79 Å². The number of thiazole rings is 1. The summed E-state index contributed by atoms with van der Waals surface area (Å²) >= 11 is 2.96. The number of thioether (sulfide) groups is 1. The average molecular weight is 450 g/mol. The van der Waals surface area contributed by atoms with E-state index in [1.54, 1.807) is 18.6 Å². The minimum atomic E-state index is -0.164. The third-order valence-corrected chi connectivity index (χ3v) is 6.93. The Labute approximate surface area is 189 Å². The third kappa shape index (κ3) is 5.03. The summed E-state index contributed by atoms with van der Waals surface area (Å²) in [5.74, 6) is 0.234. The summed E-state index contributed by atoms with van der Waals surface area (Å²) in [4.78, 5) is 25.8. The van der Waals surface area contributed by atoms with E-state index in [0.29, 0.717) is 0 Å². The monoisotopic (exact) mass is 449 g/mol. The Balaban J connectivity index is 1.36. The van der Waals surface area contributed by atoms with E-state index in [1.165, 1.54) is 34.2 Å². The fourth-order valence-corrected chi connectivity index (χ4v) is 4.70. The second-order valence-corrected chi connectivity index (χ2v) is 9.07. The summed E-state index contributed by atoms with van der Waals surface area (Å²) in [7, 11) is 0. The molecule has 0 fully saturated rings. The average Bonchev–Trinajstić information content (AvgIpc) is 3.45. The SMILES string of the molecule is Cc1ccc(-n2ccnc2SCC(=O)NC(C)c2nc(-c3cccnc3)cs2)cc1C. The Kier molecular flexibility index (Phi) is 6.48. The van der Waals surface area contributed by atoms with Crippen LogP contribution in [0.1, 0.15) is 29.1 Å². The minimum Gasteiger partial charge on any atom is -0.346 e. The van der Waals surface area contributed by atoms with Crippen LogP contribution in [0.25, 0.3) is 16.9 Å². The normalized spacial score (nSPS) is 12.0. The number of aromatic nitrogens is 4. The molecule has 0 aliphatic carbocycles. The molecule has 1 unspecified atom stereocenters. The fourth-order valence-electron chi connectivity index (χ4n) is 3.08. The molecule has 0 saturated heterocycles. The topological polar surface area (TPSA) is 72.7 Å². The van der Waals surface area contributed by atoms with Crippen LogP contribution in [0.3, 0.4) is 0 Å². The highest BCUT2D eigenvalue weighted by atomic mass is 32.2. The first-order valence-electron chi connectivity index (χ1n) is 9.90. The van der Waals surface area contributed by atoms with Gasteiger partial charge < -0.3 is 5.32 Å². The quantitative estimate of drug-likeness (QED) is 0.403. The molecule has 0 bridgehead atoms. The van der Waals surface area contributed by atoms with Crippen molar-refractivity contribution in [1.29, 1.82) is 0 Å². The van der Waals surface area contributed by atoms with Crippen molar-refractivity contribution < 1.29 is 4.79 Å². The van der Waals surface area contributed by atoms with Gasteiger partial charge >= 0.3 is 0 Å². The van der Waals surface area contributed by atoms with Crippen molar-refractivity contribution in [2.24, 2.45) is 0 Å². The maximum atomic E-state index is 12.5. The molecule has 8 heteroatoms. The maximum Gasteiger partial charge on any atom is 0.231 e. The number of aryl methyl sites for hydroxylation is 2. The van der Waals surface area contributed by atoms with Gasteiger partial charge in [-0.3, -0.25) is 14.3 Å². The summed E-state index contributed by atoms with van der Waals surface area (Å²) in [5.41, 5.74) is 5.36. The number of imidazole rings is 1. The molecule has 1 atom stereocenters. The Hall–Kier alpha value is -2.97. The summed E-state index contributed by atoms with van der Waals surface area (Å²) < 4.78 is 2.01. The van der Waals surface area contributed by atoms with Crippen molar-refractivity contribution in [2.75, 3.05) is 5.75 Å². The highest BCUT2D eigenvalue weighted by molar-refractivity contribution is 7.99. The van der Waals surface area contributed by atoms with Crippen LogP contribution >= 0.6 is 23.1 Å². The van der Waals surface area contributed by atoms with Gasteiger partial charge in [0.25, 0.3) is 0 Å². The summed E-state index contributed by atoms with van der Waals surface area (Å²) in [5, 5.41) is 6.69. The molecule has 1 aromatic carbocycles. The standard InChI is InChI=1S/C23H23N5OS2/c1-15-6-7-19(11-16(15)2)28-10-9-25-23(28)31-14-21(29)26-17(3)22-27-20(13-30-22)18-5-4-8-24-12-18/h4-13,17H,14H2,1-3H3,(H,26,29). The van der Waals surface area contributed by atoms with Crippen molar-refractivity contribution in [3.05, 3.63) is 76.6 Å². The molecule has 3 aromatic heterocycles. The van der Waals surface area contributed by atoms with Crippen LogP contribution in [-0.4, -0.2) is 31.2 Å². The summed E-state index contributed by atoms with van der Waals surface area (Å²) in [6, 6.07) is 10.00. The van der Waals surface area contributed by atoms with Gasteiger partial charge in [0.05, 0.1) is 17.5 Å². The summed E-state index contributed by atoms with van der Waals surface area (Å²) in [6.07, 6.45) is 7.20. The Morgan fingerprint density at radius 2 is 2.10 bits per heavy atom. The lowest BCUT2D eigenvalue weighted by Crippen LogP contribution is -2.28. The Morgan fingerprint density at radius 1 is 1.23 bits per heavy atom. The molecule has 0 aliphatic rings. The van der Waals surface area contributed by atoms with E-state index in [0.717, 1.165) is 27.1 Å². The first-order chi connectivity index (χ1) is 15.0. The van der Waals surface area contributed by atoms with E-state index in [2.05, 4.69) is 52.3 Å². The number of nitrogens with zero attached hydrogens (tertiary/aromatic N) is 4. The molecule has 6 nitrogen and oxygen atoms in total. The first kappa shape index (κ1) is 21.3. The van der Waals surface area contributed by atoms with Crippen molar-refractivity contribution in [2.45, 2.75) is 32.0 Å². The number of hydrogen-bond acceptors (Lipinski definition) is 6. The van der Waals surface area contributed by atoms with E-state index in [4.69, 9.17) is 0 Å². The van der Waals surface area contributed by atoms with E-state index in [-0.39, 0.29) is 17.7 Å². The number of carbonyl (C=O) groups excluding carboxylic acids is 1. The molecular weight excluding hydrogens is 426 g/mol. The first-order valence-corrected chi connectivity index (χ1v) is 11.8. The molecular formula is C23H23N5OS2. The molecule has 0 aliphatic heterocycles. The van der Waals surface area contributed by atoms with Gasteiger partial charge in [-0.2, -0.15) is 0 Å². The van der Waals surface area contributed by atoms with Crippen LogP contribution in [0, 0.1) is 13.8 Å². The second-order valence-electron chi connectivity index (χ2n) is 7.24. The minimum absolute atomic E-state index is 0.0507. The smallest absolute Gasteiger partial charge is 0.231 e. The lowest BCUT2D eigenvalue weighted by atomic mass is 10.1. The highest BCUT2D eigenvalue weighted by Gasteiger charge is 2.16. The maximum absolute atomic E-state index is 12.5. The van der Waals surface area contributed by atoms with Gasteiger partial charge in [0, 0.05) is 41.4 Å². The number of pyridine rings is 1. The van der Waals surface area contributed by atoms with Gasteiger partial charge in [-0.1, -0.05) is 17.8 Å². The number of amides is 1. The van der Waals surface area contributed by atoms with Gasteiger partial charge in [-0.25, -0.2) is 9.97 Å². The molecule has 0 radical (unpaired) electrons. The van der Waals surface area contributed by atoms with Gasteiger partial charge in [0.1, 0.15) is 5.01 Å². The van der Waals surface area contributed by atoms with Gasteiger partial charge in [0.2, 0.25) is 5.91 Å². The molecule has 1 N–H and O–H groups in total. The fraction of sp³-hybridized carbons (Fsp3) is 0.217. The van der Waals surface area contributed by atoms with Crippen molar-refractivity contribution in [3.8, 4) is 16.9 Å². The van der Waals surface area contributed by atoms with E-state index in [1.807, 2.05) is 35.2 Å². The van der Waals surface area contributed by atoms with Crippen LogP contribution in [0.15, 0.2) is 65.7 Å². The van der Waals surface area contributed by atoms with Gasteiger partial charge in [-0.05, 0) is 56.2 Å². The van der Waals surface area contributed by atoms with E-state index < -0.39 is 0 Å². The van der Waals surface area contributed by atoms with E-state index >= 15 is 0 Å². The lowest BCUT2D eigenvalue weighted by molar-refractivity contribution is -0.119. The zero-order valence-corrected chi connectivity index (χ0v) is 19.2. The van der Waals surface area contributed by atoms with Crippen molar-refractivity contribution >= 4 is 29.0 Å². The number of carbonyl (C=O) groups is 1. The predicted octanol–water partition coefficient (Wildman–Crippen LogP) is 4.98. The van der Waals surface area contributed by atoms with Crippen LogP contribution in [-0.2, 0) is 4.79 Å². The highest BCUT2D eigenvalue weighted by Crippen LogP contribution is 2.26. The zero-order valence-electron chi connectivity index (χ0n) is 17.6. The van der Waals surface area contributed by atoms with Crippen molar-refractivity contribution in [1.82, 2.24) is 24.8 Å². The number of nitrogens with one attached hydrogen (secondary N) is 1. The Bertz CT molecular complexity index is 1190. The molecule has 1 amide bonds. The van der Waals surface area contributed by atoms with Crippen LogP contribution in [0.4, 0.5) is 0 Å². The molecule has 0 spiro atoms. The lowest BCUT2D eigenvalue weighted by Gasteiger charge is -2.12. The number of hydrogen-bond donors (Lipinski definition) is 1. The van der Waals surface area contributed by atoms with Crippen LogP contribution in [0.2, 0.25) is 0 Å². The second kappa shape index (κ2) is 9.45. The van der Waals surface area contributed by atoms with Crippen LogP contribution in [0.5, 0.6) is 0 Å². The van der Waals surface area contributed by atoms with Crippen molar-refractivity contribution in [3.63, 3.8) is 0 Å². The third-order valence-electron chi connectivity index (χ3n) is 4.93. The molecule has 4 rings (SSSR count). The summed E-state index contributed by atoms with van der Waals surface area (Å²) in [6.45, 7) is 6.14. The zero-order chi connectivity index (χ0) is 21.8. The largest absolute Gasteiger partial charge is 0.346 e. The Morgan fingerprint density at radius 3 is 2.87 bits per heavy atom. The molecule has 4 aromatic rings. The number of rotatable bonds is 7. The number of benzene rings is 1. The van der Waals surface area contributed by atoms with Crippen LogP contribution < -0.4 is 5.32 Å².